The van der Waals surface area contributed by atoms with E-state index in [0.717, 1.165) is 12.0 Å². The van der Waals surface area contributed by atoms with E-state index in [2.05, 4.69) is 19.2 Å². The summed E-state index contributed by atoms with van der Waals surface area (Å²) in [6.07, 6.45) is 4.29. The monoisotopic (exact) mass is 139 g/mol. The van der Waals surface area contributed by atoms with Gasteiger partial charge in [-0.05, 0) is 37.1 Å². The van der Waals surface area contributed by atoms with Gasteiger partial charge >= 0.3 is 0 Å². The summed E-state index contributed by atoms with van der Waals surface area (Å²) >= 11 is 0. The third-order valence-electron chi connectivity index (χ3n) is 3.59. The summed E-state index contributed by atoms with van der Waals surface area (Å²) in [4.78, 5) is 0. The van der Waals surface area contributed by atoms with Crippen molar-refractivity contribution in [2.75, 3.05) is 6.54 Å². The van der Waals surface area contributed by atoms with Crippen LogP contribution in [-0.4, -0.2) is 12.6 Å². The molecule has 2 atom stereocenters. The molecule has 2 saturated heterocycles. The Morgan fingerprint density at radius 3 is 2.90 bits per heavy atom. The van der Waals surface area contributed by atoms with Gasteiger partial charge in [-0.2, -0.15) is 0 Å². The molecule has 3 aliphatic rings. The van der Waals surface area contributed by atoms with E-state index in [1.807, 2.05) is 0 Å². The van der Waals surface area contributed by atoms with E-state index in [-0.39, 0.29) is 0 Å². The molecule has 3 fully saturated rings. The molecule has 0 radical (unpaired) electrons. The van der Waals surface area contributed by atoms with Gasteiger partial charge in [0, 0.05) is 6.04 Å². The lowest BCUT2D eigenvalue weighted by Gasteiger charge is -2.51. The number of hydrogen-bond acceptors (Lipinski definition) is 1. The molecule has 2 bridgehead atoms. The van der Waals surface area contributed by atoms with Gasteiger partial charge in [0.2, 0.25) is 0 Å². The minimum absolute atomic E-state index is 0.608. The van der Waals surface area contributed by atoms with Crippen molar-refractivity contribution in [3.63, 3.8) is 0 Å². The highest BCUT2D eigenvalue weighted by molar-refractivity contribution is 5.02. The quantitative estimate of drug-likeness (QED) is 0.539. The molecular weight excluding hydrogens is 122 g/mol. The lowest BCUT2D eigenvalue weighted by Crippen LogP contribution is -2.54. The zero-order chi connectivity index (χ0) is 7.19. The predicted molar refractivity (Wildman–Crippen MR) is 42.9 cm³/mol. The first-order valence-corrected chi connectivity index (χ1v) is 4.44. The lowest BCUT2D eigenvalue weighted by molar-refractivity contribution is 0.0266. The maximum absolute atomic E-state index is 3.60. The molecule has 0 aromatic rings. The second-order valence-electron chi connectivity index (χ2n) is 4.40. The van der Waals surface area contributed by atoms with Crippen molar-refractivity contribution in [3.8, 4) is 0 Å². The SMILES string of the molecule is CC1(C)[C@H]2CCCN[C@@H]1C2. The van der Waals surface area contributed by atoms with Crippen molar-refractivity contribution < 1.29 is 0 Å². The Balaban J connectivity index is 2.12. The molecule has 2 heterocycles. The van der Waals surface area contributed by atoms with Crippen molar-refractivity contribution in [2.24, 2.45) is 11.3 Å². The lowest BCUT2D eigenvalue weighted by atomic mass is 9.58. The van der Waals surface area contributed by atoms with Crippen molar-refractivity contribution in [3.05, 3.63) is 0 Å². The summed E-state index contributed by atoms with van der Waals surface area (Å²) in [5, 5.41) is 3.60. The number of hydrogen-bond donors (Lipinski definition) is 1. The van der Waals surface area contributed by atoms with Crippen LogP contribution in [-0.2, 0) is 0 Å². The molecule has 2 aliphatic heterocycles. The zero-order valence-corrected chi connectivity index (χ0v) is 6.98. The summed E-state index contributed by atoms with van der Waals surface area (Å²) in [7, 11) is 0. The number of fused-ring (bicyclic) bond motifs is 3. The fourth-order valence-corrected chi connectivity index (χ4v) is 2.48. The van der Waals surface area contributed by atoms with Crippen LogP contribution in [0.4, 0.5) is 0 Å². The Bertz CT molecular complexity index is 122. The molecule has 0 aromatic heterocycles. The summed E-state index contributed by atoms with van der Waals surface area (Å²) in [6.45, 7) is 6.07. The highest BCUT2D eigenvalue weighted by atomic mass is 15.0. The van der Waals surface area contributed by atoms with E-state index >= 15 is 0 Å². The van der Waals surface area contributed by atoms with E-state index < -0.39 is 0 Å². The molecule has 1 aliphatic carbocycles. The third-order valence-corrected chi connectivity index (χ3v) is 3.59. The molecule has 1 heteroatoms. The van der Waals surface area contributed by atoms with E-state index in [0.29, 0.717) is 5.41 Å². The topological polar surface area (TPSA) is 12.0 Å². The van der Waals surface area contributed by atoms with Crippen LogP contribution in [0, 0.1) is 11.3 Å². The van der Waals surface area contributed by atoms with Gasteiger partial charge in [0.15, 0.2) is 0 Å². The average molecular weight is 139 g/mol. The van der Waals surface area contributed by atoms with Crippen molar-refractivity contribution in [1.82, 2.24) is 5.32 Å². The molecule has 0 spiro atoms. The third kappa shape index (κ3) is 0.731. The Hall–Kier alpha value is -0.0400. The molecule has 0 unspecified atom stereocenters. The van der Waals surface area contributed by atoms with Crippen LogP contribution in [0.3, 0.4) is 0 Å². The fourth-order valence-electron chi connectivity index (χ4n) is 2.48. The van der Waals surface area contributed by atoms with Gasteiger partial charge < -0.3 is 5.32 Å². The Labute approximate surface area is 63.2 Å². The maximum Gasteiger partial charge on any atom is 0.0124 e. The number of rotatable bonds is 0. The van der Waals surface area contributed by atoms with Crippen LogP contribution in [0.2, 0.25) is 0 Å². The first-order chi connectivity index (χ1) is 4.71. The molecule has 1 N–H and O–H groups in total. The van der Waals surface area contributed by atoms with E-state index in [4.69, 9.17) is 0 Å². The van der Waals surface area contributed by atoms with Gasteiger partial charge in [0.25, 0.3) is 0 Å². The molecule has 10 heavy (non-hydrogen) atoms. The standard InChI is InChI=1S/C9H17N/c1-9(2)7-4-3-5-10-8(9)6-7/h7-8,10H,3-6H2,1-2H3/t7-,8+/m0/s1. The van der Waals surface area contributed by atoms with Gasteiger partial charge in [-0.3, -0.25) is 0 Å². The average Bonchev–Trinajstić information content (AvgIpc) is 2.17. The summed E-state index contributed by atoms with van der Waals surface area (Å²) in [5.41, 5.74) is 0.608. The van der Waals surface area contributed by atoms with Gasteiger partial charge in [-0.25, -0.2) is 0 Å². The molecule has 0 aromatic carbocycles. The molecule has 1 saturated carbocycles. The van der Waals surface area contributed by atoms with Crippen LogP contribution < -0.4 is 5.32 Å². The summed E-state index contributed by atoms with van der Waals surface area (Å²) in [6, 6.07) is 0.833. The molecule has 0 amide bonds. The van der Waals surface area contributed by atoms with E-state index in [1.54, 1.807) is 0 Å². The highest BCUT2D eigenvalue weighted by Crippen LogP contribution is 2.49. The highest BCUT2D eigenvalue weighted by Gasteiger charge is 2.48. The molecule has 1 nitrogen and oxygen atoms in total. The first kappa shape index (κ1) is 6.66. The Morgan fingerprint density at radius 1 is 1.40 bits per heavy atom. The van der Waals surface area contributed by atoms with Crippen molar-refractivity contribution in [1.29, 1.82) is 0 Å². The smallest absolute Gasteiger partial charge is 0.0124 e. The minimum atomic E-state index is 0.608. The van der Waals surface area contributed by atoms with Crippen LogP contribution in [0.1, 0.15) is 33.1 Å². The maximum atomic E-state index is 3.60. The first-order valence-electron chi connectivity index (χ1n) is 4.44. The molecule has 58 valence electrons. The van der Waals surface area contributed by atoms with Crippen LogP contribution >= 0.6 is 0 Å². The molecule has 3 rings (SSSR count). The van der Waals surface area contributed by atoms with Gasteiger partial charge in [-0.15, -0.1) is 0 Å². The van der Waals surface area contributed by atoms with Crippen molar-refractivity contribution >= 4 is 0 Å². The Morgan fingerprint density at radius 2 is 2.20 bits per heavy atom. The Kier molecular flexibility index (Phi) is 1.31. The fraction of sp³-hybridized carbons (Fsp3) is 1.00. The van der Waals surface area contributed by atoms with E-state index in [9.17, 15) is 0 Å². The van der Waals surface area contributed by atoms with Gasteiger partial charge in [0.1, 0.15) is 0 Å². The number of nitrogens with one attached hydrogen (secondary N) is 1. The van der Waals surface area contributed by atoms with E-state index in [1.165, 1.54) is 25.8 Å². The normalized spacial score (nSPS) is 43.8. The second-order valence-corrected chi connectivity index (χ2v) is 4.40. The minimum Gasteiger partial charge on any atom is -0.313 e. The van der Waals surface area contributed by atoms with Gasteiger partial charge in [0.05, 0.1) is 0 Å². The summed E-state index contributed by atoms with van der Waals surface area (Å²) in [5.74, 6) is 1.02. The van der Waals surface area contributed by atoms with Gasteiger partial charge in [-0.1, -0.05) is 13.8 Å². The summed E-state index contributed by atoms with van der Waals surface area (Å²) < 4.78 is 0. The van der Waals surface area contributed by atoms with Crippen molar-refractivity contribution in [2.45, 2.75) is 39.2 Å². The van der Waals surface area contributed by atoms with Crippen LogP contribution in [0.5, 0.6) is 0 Å². The predicted octanol–water partition coefficient (Wildman–Crippen LogP) is 1.78. The zero-order valence-electron chi connectivity index (χ0n) is 6.98. The van der Waals surface area contributed by atoms with Crippen LogP contribution in [0.15, 0.2) is 0 Å². The second kappa shape index (κ2) is 1.97. The largest absolute Gasteiger partial charge is 0.313 e. The molecular formula is C9H17N. The van der Waals surface area contributed by atoms with Crippen LogP contribution in [0.25, 0.3) is 0 Å².